The van der Waals surface area contributed by atoms with E-state index < -0.39 is 10.0 Å². The van der Waals surface area contributed by atoms with Crippen LogP contribution in [0.5, 0.6) is 5.75 Å². The van der Waals surface area contributed by atoms with E-state index >= 15 is 0 Å². The fourth-order valence-corrected chi connectivity index (χ4v) is 3.48. The molecule has 0 spiro atoms. The normalized spacial score (nSPS) is 16.2. The molecule has 0 bridgehead atoms. The second-order valence-electron chi connectivity index (χ2n) is 5.62. The van der Waals surface area contributed by atoms with Crippen molar-refractivity contribution in [3.63, 3.8) is 0 Å². The second-order valence-corrected chi connectivity index (χ2v) is 7.40. The molecule has 8 heteroatoms. The lowest BCUT2D eigenvalue weighted by Gasteiger charge is -2.32. The fourth-order valence-electron chi connectivity index (χ4n) is 2.63. The Balaban J connectivity index is 1.81. The molecule has 1 aliphatic rings. The summed E-state index contributed by atoms with van der Waals surface area (Å²) < 4.78 is 30.3. The lowest BCUT2D eigenvalue weighted by Crippen LogP contribution is -2.49. The molecule has 0 saturated carbocycles. The Bertz CT molecular complexity index is 640. The highest BCUT2D eigenvalue weighted by Gasteiger charge is 2.24. The quantitative estimate of drug-likeness (QED) is 0.834. The third kappa shape index (κ3) is 5.40. The van der Waals surface area contributed by atoms with Crippen LogP contribution in [0.15, 0.2) is 24.3 Å². The summed E-state index contributed by atoms with van der Waals surface area (Å²) in [6.45, 7) is 1.46. The average Bonchev–Trinajstić information content (AvgIpc) is 2.52. The van der Waals surface area contributed by atoms with Crippen LogP contribution in [0, 0.1) is 0 Å². The van der Waals surface area contributed by atoms with Crippen molar-refractivity contribution < 1.29 is 17.9 Å². The van der Waals surface area contributed by atoms with Crippen LogP contribution in [0.1, 0.15) is 18.4 Å². The first-order valence-corrected chi connectivity index (χ1v) is 9.40. The van der Waals surface area contributed by atoms with Crippen LogP contribution in [0.4, 0.5) is 4.79 Å². The minimum Gasteiger partial charge on any atom is -0.496 e. The monoisotopic (exact) mass is 341 g/mol. The lowest BCUT2D eigenvalue weighted by atomic mass is 10.1. The minimum absolute atomic E-state index is 0.0942. The number of benzene rings is 1. The smallest absolute Gasteiger partial charge is 0.317 e. The van der Waals surface area contributed by atoms with Crippen LogP contribution in [0.3, 0.4) is 0 Å². The van der Waals surface area contributed by atoms with Gasteiger partial charge in [0.05, 0.1) is 13.4 Å². The van der Waals surface area contributed by atoms with E-state index in [1.54, 1.807) is 12.0 Å². The van der Waals surface area contributed by atoms with Crippen molar-refractivity contribution in [1.29, 1.82) is 0 Å². The summed E-state index contributed by atoms with van der Waals surface area (Å²) in [5.74, 6) is 0.740. The molecule has 1 heterocycles. The average molecular weight is 341 g/mol. The Kier molecular flexibility index (Phi) is 5.84. The van der Waals surface area contributed by atoms with Crippen LogP contribution < -0.4 is 14.8 Å². The van der Waals surface area contributed by atoms with E-state index in [-0.39, 0.29) is 12.1 Å². The van der Waals surface area contributed by atoms with Crippen molar-refractivity contribution in [2.24, 2.45) is 0 Å². The number of piperidine rings is 1. The highest BCUT2D eigenvalue weighted by molar-refractivity contribution is 7.88. The molecule has 2 rings (SSSR count). The molecule has 2 amide bonds. The number of urea groups is 1. The van der Waals surface area contributed by atoms with E-state index in [9.17, 15) is 13.2 Å². The van der Waals surface area contributed by atoms with E-state index in [1.807, 2.05) is 24.3 Å². The summed E-state index contributed by atoms with van der Waals surface area (Å²) in [6, 6.07) is 7.29. The Morgan fingerprint density at radius 3 is 2.57 bits per heavy atom. The number of carbonyl (C=O) groups is 1. The van der Waals surface area contributed by atoms with Gasteiger partial charge in [0.1, 0.15) is 5.75 Å². The Hall–Kier alpha value is -1.80. The van der Waals surface area contributed by atoms with Crippen LogP contribution in [0.2, 0.25) is 0 Å². The van der Waals surface area contributed by atoms with Crippen molar-refractivity contribution >= 4 is 16.1 Å². The summed E-state index contributed by atoms with van der Waals surface area (Å²) in [7, 11) is -1.60. The molecule has 1 aliphatic heterocycles. The molecule has 0 aromatic heterocycles. The summed E-state index contributed by atoms with van der Waals surface area (Å²) in [6.07, 6.45) is 2.39. The van der Waals surface area contributed by atoms with Gasteiger partial charge in [-0.25, -0.2) is 17.9 Å². The van der Waals surface area contributed by atoms with Gasteiger partial charge < -0.3 is 15.0 Å². The van der Waals surface area contributed by atoms with Gasteiger partial charge in [0.25, 0.3) is 0 Å². The zero-order valence-electron chi connectivity index (χ0n) is 13.4. The first-order chi connectivity index (χ1) is 10.9. The second kappa shape index (κ2) is 7.65. The van der Waals surface area contributed by atoms with Gasteiger partial charge in [0.2, 0.25) is 10.0 Å². The van der Waals surface area contributed by atoms with Crippen LogP contribution >= 0.6 is 0 Å². The van der Waals surface area contributed by atoms with Gasteiger partial charge in [-0.2, -0.15) is 0 Å². The molecule has 1 fully saturated rings. The maximum absolute atomic E-state index is 12.2. The van der Waals surface area contributed by atoms with Crippen LogP contribution in [-0.4, -0.2) is 51.8 Å². The van der Waals surface area contributed by atoms with Gasteiger partial charge in [-0.1, -0.05) is 18.2 Å². The number of likely N-dealkylation sites (tertiary alicyclic amines) is 1. The highest BCUT2D eigenvalue weighted by atomic mass is 32.2. The van der Waals surface area contributed by atoms with Crippen molar-refractivity contribution in [3.05, 3.63) is 29.8 Å². The number of amides is 2. The molecule has 2 N–H and O–H groups in total. The summed E-state index contributed by atoms with van der Waals surface area (Å²) in [5.41, 5.74) is 0.914. The third-order valence-corrected chi connectivity index (χ3v) is 4.55. The van der Waals surface area contributed by atoms with Crippen LogP contribution in [0.25, 0.3) is 0 Å². The van der Waals surface area contributed by atoms with E-state index in [1.165, 1.54) is 0 Å². The molecule has 0 unspecified atom stereocenters. The predicted molar refractivity (Wildman–Crippen MR) is 87.8 cm³/mol. The standard InChI is InChI=1S/C15H23N3O4S/c1-22-14-6-4-3-5-12(14)11-16-15(19)18-9-7-13(8-10-18)17-23(2,20)21/h3-6,13,17H,7-11H2,1-2H3,(H,16,19). The number of nitrogens with zero attached hydrogens (tertiary/aromatic N) is 1. The number of rotatable bonds is 5. The fraction of sp³-hybridized carbons (Fsp3) is 0.533. The van der Waals surface area contributed by atoms with Gasteiger partial charge in [-0.15, -0.1) is 0 Å². The third-order valence-electron chi connectivity index (χ3n) is 3.79. The molecule has 23 heavy (non-hydrogen) atoms. The molecule has 7 nitrogen and oxygen atoms in total. The van der Waals surface area contributed by atoms with E-state index in [0.717, 1.165) is 17.6 Å². The topological polar surface area (TPSA) is 87.7 Å². The number of carbonyl (C=O) groups excluding carboxylic acids is 1. The van der Waals surface area contributed by atoms with Crippen molar-refractivity contribution in [2.75, 3.05) is 26.5 Å². The zero-order valence-corrected chi connectivity index (χ0v) is 14.2. The molecule has 0 atom stereocenters. The molecule has 0 radical (unpaired) electrons. The largest absolute Gasteiger partial charge is 0.496 e. The number of ether oxygens (including phenoxy) is 1. The Morgan fingerprint density at radius 1 is 1.30 bits per heavy atom. The lowest BCUT2D eigenvalue weighted by molar-refractivity contribution is 0.179. The number of nitrogens with one attached hydrogen (secondary N) is 2. The first kappa shape index (κ1) is 17.6. The van der Waals surface area contributed by atoms with Gasteiger partial charge in [0, 0.05) is 31.2 Å². The minimum atomic E-state index is -3.20. The zero-order chi connectivity index (χ0) is 16.9. The van der Waals surface area contributed by atoms with Gasteiger partial charge in [-0.05, 0) is 18.9 Å². The molecular formula is C15H23N3O4S. The SMILES string of the molecule is COc1ccccc1CNC(=O)N1CCC(NS(C)(=O)=O)CC1. The van der Waals surface area contributed by atoms with Crippen LogP contribution in [-0.2, 0) is 16.6 Å². The van der Waals surface area contributed by atoms with Gasteiger partial charge in [0.15, 0.2) is 0 Å². The Morgan fingerprint density at radius 2 is 1.96 bits per heavy atom. The van der Waals surface area contributed by atoms with E-state index in [2.05, 4.69) is 10.0 Å². The predicted octanol–water partition coefficient (Wildman–Crippen LogP) is 0.918. The molecule has 1 aromatic carbocycles. The number of hydrogen-bond acceptors (Lipinski definition) is 4. The molecule has 128 valence electrons. The van der Waals surface area contributed by atoms with Gasteiger partial charge >= 0.3 is 6.03 Å². The highest BCUT2D eigenvalue weighted by Crippen LogP contribution is 2.17. The van der Waals surface area contributed by atoms with E-state index in [0.29, 0.717) is 32.5 Å². The molecule has 1 saturated heterocycles. The summed E-state index contributed by atoms with van der Waals surface area (Å²) in [5, 5.41) is 2.87. The van der Waals surface area contributed by atoms with Crippen molar-refractivity contribution in [1.82, 2.24) is 14.9 Å². The number of para-hydroxylation sites is 1. The summed E-state index contributed by atoms with van der Waals surface area (Å²) in [4.78, 5) is 13.9. The maximum atomic E-state index is 12.2. The van der Waals surface area contributed by atoms with Crippen molar-refractivity contribution in [2.45, 2.75) is 25.4 Å². The molecular weight excluding hydrogens is 318 g/mol. The molecule has 1 aromatic rings. The summed E-state index contributed by atoms with van der Waals surface area (Å²) >= 11 is 0. The Labute approximate surface area is 137 Å². The number of sulfonamides is 1. The number of hydrogen-bond donors (Lipinski definition) is 2. The van der Waals surface area contributed by atoms with Crippen molar-refractivity contribution in [3.8, 4) is 5.75 Å². The maximum Gasteiger partial charge on any atom is 0.317 e. The number of methoxy groups -OCH3 is 1. The molecule has 0 aliphatic carbocycles. The first-order valence-electron chi connectivity index (χ1n) is 7.51. The van der Waals surface area contributed by atoms with E-state index in [4.69, 9.17) is 4.74 Å². The van der Waals surface area contributed by atoms with Gasteiger partial charge in [-0.3, -0.25) is 0 Å².